The van der Waals surface area contributed by atoms with Crippen LogP contribution < -0.4 is 10.4 Å². The molecule has 2 aromatic rings. The van der Waals surface area contributed by atoms with Gasteiger partial charge in [0.25, 0.3) is 0 Å². The highest BCUT2D eigenvalue weighted by molar-refractivity contribution is 5.76. The molecule has 2 N–H and O–H groups in total. The molecule has 4 nitrogen and oxygen atoms in total. The van der Waals surface area contributed by atoms with Gasteiger partial charge in [0, 0.05) is 12.2 Å². The first-order valence-corrected chi connectivity index (χ1v) is 4.34. The van der Waals surface area contributed by atoms with E-state index in [-0.39, 0.29) is 0 Å². The predicted molar refractivity (Wildman–Crippen MR) is 52.8 cm³/mol. The first kappa shape index (κ1) is 8.57. The first-order chi connectivity index (χ1) is 6.66. The molecule has 0 radical (unpaired) electrons. The van der Waals surface area contributed by atoms with Gasteiger partial charge in [-0.1, -0.05) is 12.1 Å². The van der Waals surface area contributed by atoms with Gasteiger partial charge in [-0.25, -0.2) is 0 Å². The summed E-state index contributed by atoms with van der Waals surface area (Å²) in [5, 5.41) is 9.00. The van der Waals surface area contributed by atoms with E-state index in [4.69, 9.17) is 11.1 Å². The zero-order valence-electron chi connectivity index (χ0n) is 8.15. The van der Waals surface area contributed by atoms with E-state index in [1.54, 1.807) is 4.57 Å². The first-order valence-electron chi connectivity index (χ1n) is 4.34. The Morgan fingerprint density at radius 3 is 2.79 bits per heavy atom. The molecule has 0 spiro atoms. The molecule has 0 aliphatic heterocycles. The minimum atomic E-state index is 0.733. The number of nitrogens with zero attached hydrogens (tertiary/aromatic N) is 3. The zero-order chi connectivity index (χ0) is 10.3. The second-order valence-corrected chi connectivity index (χ2v) is 3.30. The molecular formula is C10H11N4+. The standard InChI is InChI=1S/C10H11N4/c1-7-4-3-5-9-10(7)13(6-11)8(2)14(9)12/h3-5H,12H2,1-2H3/q+1. The van der Waals surface area contributed by atoms with Gasteiger partial charge < -0.3 is 0 Å². The van der Waals surface area contributed by atoms with Crippen molar-refractivity contribution in [1.29, 1.82) is 5.26 Å². The van der Waals surface area contributed by atoms with Gasteiger partial charge in [-0.3, -0.25) is 5.84 Å². The van der Waals surface area contributed by atoms with E-state index in [9.17, 15) is 0 Å². The second-order valence-electron chi connectivity index (χ2n) is 3.30. The molecule has 0 aliphatic rings. The van der Waals surface area contributed by atoms with E-state index in [1.165, 1.54) is 4.68 Å². The minimum absolute atomic E-state index is 0.733. The van der Waals surface area contributed by atoms with Gasteiger partial charge in [0.05, 0.1) is 0 Å². The number of nitrogen functional groups attached to an aromatic ring is 1. The smallest absolute Gasteiger partial charge is 0.291 e. The van der Waals surface area contributed by atoms with Crippen LogP contribution in [0.15, 0.2) is 18.2 Å². The Morgan fingerprint density at radius 1 is 1.43 bits per heavy atom. The normalized spacial score (nSPS) is 10.4. The summed E-state index contributed by atoms with van der Waals surface area (Å²) >= 11 is 0. The maximum atomic E-state index is 9.00. The van der Waals surface area contributed by atoms with Crippen molar-refractivity contribution in [3.63, 3.8) is 0 Å². The number of aryl methyl sites for hydroxylation is 1. The number of benzene rings is 1. The molecule has 0 fully saturated rings. The van der Waals surface area contributed by atoms with Crippen LogP contribution in [0, 0.1) is 25.3 Å². The predicted octanol–water partition coefficient (Wildman–Crippen LogP) is 0.589. The van der Waals surface area contributed by atoms with Crippen LogP contribution in [0.4, 0.5) is 0 Å². The third-order valence-corrected chi connectivity index (χ3v) is 2.47. The Hall–Kier alpha value is -2.02. The van der Waals surface area contributed by atoms with Crippen LogP contribution in [-0.4, -0.2) is 4.68 Å². The SMILES string of the molecule is Cc1cccc2c1[n+](C#N)c(C)n2N. The van der Waals surface area contributed by atoms with Crippen molar-refractivity contribution >= 4 is 11.0 Å². The van der Waals surface area contributed by atoms with Crippen molar-refractivity contribution in [3.05, 3.63) is 29.6 Å². The van der Waals surface area contributed by atoms with E-state index in [0.29, 0.717) is 0 Å². The monoisotopic (exact) mass is 187 g/mol. The van der Waals surface area contributed by atoms with Crippen molar-refractivity contribution in [2.24, 2.45) is 0 Å². The molecule has 4 heteroatoms. The van der Waals surface area contributed by atoms with E-state index < -0.39 is 0 Å². The van der Waals surface area contributed by atoms with Crippen molar-refractivity contribution < 1.29 is 4.57 Å². The van der Waals surface area contributed by atoms with Gasteiger partial charge in [-0.2, -0.15) is 4.68 Å². The summed E-state index contributed by atoms with van der Waals surface area (Å²) in [6.07, 6.45) is 2.12. The molecule has 0 unspecified atom stereocenters. The summed E-state index contributed by atoms with van der Waals surface area (Å²) in [5.41, 5.74) is 2.82. The van der Waals surface area contributed by atoms with Gasteiger partial charge in [-0.15, -0.1) is 4.57 Å². The number of nitriles is 1. The van der Waals surface area contributed by atoms with Crippen LogP contribution in [0.3, 0.4) is 0 Å². The summed E-state index contributed by atoms with van der Waals surface area (Å²) < 4.78 is 3.08. The molecule has 0 atom stereocenters. The Kier molecular flexibility index (Phi) is 1.68. The summed E-state index contributed by atoms with van der Waals surface area (Å²) in [5.74, 6) is 6.56. The number of hydrogen-bond donors (Lipinski definition) is 1. The van der Waals surface area contributed by atoms with E-state index in [1.807, 2.05) is 32.0 Å². The van der Waals surface area contributed by atoms with Gasteiger partial charge in [0.15, 0.2) is 11.0 Å². The van der Waals surface area contributed by atoms with Crippen LogP contribution in [-0.2, 0) is 0 Å². The fraction of sp³-hybridized carbons (Fsp3) is 0.200. The lowest BCUT2D eigenvalue weighted by Gasteiger charge is -1.91. The third kappa shape index (κ3) is 0.895. The molecule has 0 amide bonds. The Morgan fingerprint density at radius 2 is 2.14 bits per heavy atom. The average Bonchev–Trinajstić information content (AvgIpc) is 2.43. The van der Waals surface area contributed by atoms with Crippen molar-refractivity contribution in [2.45, 2.75) is 13.8 Å². The lowest BCUT2D eigenvalue weighted by Crippen LogP contribution is -2.32. The summed E-state index contributed by atoms with van der Waals surface area (Å²) in [7, 11) is 0. The topological polar surface area (TPSA) is 58.6 Å². The largest absolute Gasteiger partial charge is 0.375 e. The van der Waals surface area contributed by atoms with E-state index in [2.05, 4.69) is 6.19 Å². The maximum absolute atomic E-state index is 9.00. The number of hydrogen-bond acceptors (Lipinski definition) is 2. The summed E-state index contributed by atoms with van der Waals surface area (Å²) in [6.45, 7) is 3.79. The third-order valence-electron chi connectivity index (χ3n) is 2.47. The Labute approximate surface area is 81.8 Å². The number of fused-ring (bicyclic) bond motifs is 1. The van der Waals surface area contributed by atoms with Crippen LogP contribution in [0.25, 0.3) is 11.0 Å². The van der Waals surface area contributed by atoms with Gasteiger partial charge >= 0.3 is 6.19 Å². The molecule has 0 aliphatic carbocycles. The summed E-state index contributed by atoms with van der Waals surface area (Å²) in [4.78, 5) is 0. The van der Waals surface area contributed by atoms with Crippen LogP contribution in [0.2, 0.25) is 0 Å². The second kappa shape index (κ2) is 2.74. The molecular weight excluding hydrogens is 176 g/mol. The Balaban J connectivity index is 3.06. The fourth-order valence-electron chi connectivity index (χ4n) is 1.69. The highest BCUT2D eigenvalue weighted by Gasteiger charge is 2.18. The molecule has 2 rings (SSSR count). The minimum Gasteiger partial charge on any atom is -0.291 e. The maximum Gasteiger partial charge on any atom is 0.375 e. The molecule has 70 valence electrons. The molecule has 1 heterocycles. The van der Waals surface area contributed by atoms with Gasteiger partial charge in [0.1, 0.15) is 0 Å². The highest BCUT2D eigenvalue weighted by atomic mass is 15.3. The van der Waals surface area contributed by atoms with Crippen molar-refractivity contribution in [3.8, 4) is 6.19 Å². The van der Waals surface area contributed by atoms with Crippen LogP contribution in [0.5, 0.6) is 0 Å². The van der Waals surface area contributed by atoms with Crippen molar-refractivity contribution in [1.82, 2.24) is 4.68 Å². The molecule has 0 saturated heterocycles. The molecule has 0 saturated carbocycles. The Bertz CT molecular complexity index is 545. The lowest BCUT2D eigenvalue weighted by atomic mass is 10.2. The molecule has 0 bridgehead atoms. The molecule has 14 heavy (non-hydrogen) atoms. The van der Waals surface area contributed by atoms with Gasteiger partial charge in [0.2, 0.25) is 5.82 Å². The van der Waals surface area contributed by atoms with Crippen LogP contribution in [0.1, 0.15) is 11.4 Å². The lowest BCUT2D eigenvalue weighted by molar-refractivity contribution is -0.566. The van der Waals surface area contributed by atoms with E-state index in [0.717, 1.165) is 22.4 Å². The molecule has 1 aromatic heterocycles. The average molecular weight is 187 g/mol. The quantitative estimate of drug-likeness (QED) is 0.484. The number of nitrogens with two attached hydrogens (primary N) is 1. The van der Waals surface area contributed by atoms with E-state index >= 15 is 0 Å². The van der Waals surface area contributed by atoms with Crippen LogP contribution >= 0.6 is 0 Å². The van der Waals surface area contributed by atoms with Crippen molar-refractivity contribution in [2.75, 3.05) is 5.84 Å². The fourth-order valence-corrected chi connectivity index (χ4v) is 1.69. The number of rotatable bonds is 0. The summed E-state index contributed by atoms with van der Waals surface area (Å²) in [6, 6.07) is 5.81. The number of aromatic nitrogens is 2. The van der Waals surface area contributed by atoms with Gasteiger partial charge in [-0.05, 0) is 18.6 Å². The molecule has 1 aromatic carbocycles. The zero-order valence-corrected chi connectivity index (χ0v) is 8.15. The number of para-hydroxylation sites is 1. The number of imidazole rings is 1. The highest BCUT2D eigenvalue weighted by Crippen LogP contribution is 2.14.